The van der Waals surface area contributed by atoms with Crippen molar-refractivity contribution in [2.75, 3.05) is 0 Å². The Kier molecular flexibility index (Phi) is 4.75. The average molecular weight is 464 g/mol. The summed E-state index contributed by atoms with van der Waals surface area (Å²) in [6.07, 6.45) is 4.56. The highest BCUT2D eigenvalue weighted by Gasteiger charge is 2.39. The van der Waals surface area contributed by atoms with Gasteiger partial charge in [-0.05, 0) is 74.7 Å². The standard InChI is InChI=1S/C26H25I/c1-5-20(27)16-24-17(2)21-14-13-19(15-25(21)26(24,3)4)23-12-8-10-18-9-6-7-11-22(18)23/h5-17H,1-4H3/b20-5+,24-16+. The van der Waals surface area contributed by atoms with Gasteiger partial charge in [-0.1, -0.05) is 87.0 Å². The summed E-state index contributed by atoms with van der Waals surface area (Å²) >= 11 is 2.43. The van der Waals surface area contributed by atoms with E-state index in [1.54, 1.807) is 0 Å². The van der Waals surface area contributed by atoms with Crippen molar-refractivity contribution in [2.24, 2.45) is 0 Å². The highest BCUT2D eigenvalue weighted by molar-refractivity contribution is 14.1. The molecule has 1 atom stereocenters. The van der Waals surface area contributed by atoms with Crippen LogP contribution < -0.4 is 0 Å². The highest BCUT2D eigenvalue weighted by Crippen LogP contribution is 2.51. The molecular weight excluding hydrogens is 439 g/mol. The molecule has 4 rings (SSSR count). The maximum Gasteiger partial charge on any atom is 0.0118 e. The van der Waals surface area contributed by atoms with Crippen LogP contribution in [-0.4, -0.2) is 0 Å². The lowest BCUT2D eigenvalue weighted by molar-refractivity contribution is 0.626. The van der Waals surface area contributed by atoms with Crippen LogP contribution in [0.1, 0.15) is 44.7 Å². The normalized spacial score (nSPS) is 20.3. The molecule has 0 heterocycles. The van der Waals surface area contributed by atoms with Gasteiger partial charge in [0.15, 0.2) is 0 Å². The van der Waals surface area contributed by atoms with Crippen molar-refractivity contribution in [1.29, 1.82) is 0 Å². The molecule has 3 aromatic rings. The first-order valence-electron chi connectivity index (χ1n) is 9.60. The van der Waals surface area contributed by atoms with Gasteiger partial charge < -0.3 is 0 Å². The molecule has 0 nitrogen and oxygen atoms in total. The van der Waals surface area contributed by atoms with Gasteiger partial charge in [0, 0.05) is 14.9 Å². The first-order valence-corrected chi connectivity index (χ1v) is 10.7. The summed E-state index contributed by atoms with van der Waals surface area (Å²) in [6.45, 7) is 9.19. The molecule has 1 aliphatic carbocycles. The lowest BCUT2D eigenvalue weighted by Crippen LogP contribution is -2.16. The molecule has 0 radical (unpaired) electrons. The van der Waals surface area contributed by atoms with Gasteiger partial charge in [-0.3, -0.25) is 0 Å². The number of hydrogen-bond acceptors (Lipinski definition) is 0. The molecule has 1 heteroatoms. The Balaban J connectivity index is 1.89. The summed E-state index contributed by atoms with van der Waals surface area (Å²) in [5.41, 5.74) is 7.12. The lowest BCUT2D eigenvalue weighted by Gasteiger charge is -2.24. The zero-order chi connectivity index (χ0) is 19.2. The molecule has 1 aliphatic rings. The molecule has 3 aromatic carbocycles. The van der Waals surface area contributed by atoms with E-state index in [0.717, 1.165) is 0 Å². The van der Waals surface area contributed by atoms with Crippen LogP contribution in [0.3, 0.4) is 0 Å². The van der Waals surface area contributed by atoms with Crippen molar-refractivity contribution in [3.05, 3.63) is 93.1 Å². The summed E-state index contributed by atoms with van der Waals surface area (Å²) in [4.78, 5) is 0. The number of rotatable bonds is 2. The van der Waals surface area contributed by atoms with Gasteiger partial charge in [-0.25, -0.2) is 0 Å². The average Bonchev–Trinajstić information content (AvgIpc) is 2.87. The number of halogens is 1. The predicted octanol–water partition coefficient (Wildman–Crippen LogP) is 8.17. The number of allylic oxidation sites excluding steroid dienone is 4. The zero-order valence-corrected chi connectivity index (χ0v) is 18.5. The Bertz CT molecular complexity index is 1080. The quantitative estimate of drug-likeness (QED) is 0.336. The first kappa shape index (κ1) is 18.5. The van der Waals surface area contributed by atoms with Crippen molar-refractivity contribution in [3.63, 3.8) is 0 Å². The van der Waals surface area contributed by atoms with Crippen molar-refractivity contribution >= 4 is 33.4 Å². The second-order valence-electron chi connectivity index (χ2n) is 7.95. The van der Waals surface area contributed by atoms with E-state index in [2.05, 4.69) is 123 Å². The number of hydrogen-bond donors (Lipinski definition) is 0. The van der Waals surface area contributed by atoms with E-state index in [1.807, 2.05) is 0 Å². The SMILES string of the molecule is C/C=C(I)\C=C1/C(C)c2ccc(-c3cccc4ccccc34)cc2C1(C)C. The topological polar surface area (TPSA) is 0 Å². The molecule has 0 bridgehead atoms. The molecule has 1 unspecified atom stereocenters. The van der Waals surface area contributed by atoms with Gasteiger partial charge in [0.25, 0.3) is 0 Å². The minimum Gasteiger partial charge on any atom is -0.0743 e. The lowest BCUT2D eigenvalue weighted by atomic mass is 9.80. The zero-order valence-electron chi connectivity index (χ0n) is 16.4. The van der Waals surface area contributed by atoms with Gasteiger partial charge in [0.05, 0.1) is 0 Å². The maximum atomic E-state index is 2.43. The summed E-state index contributed by atoms with van der Waals surface area (Å²) in [7, 11) is 0. The molecule has 0 N–H and O–H groups in total. The molecular formula is C26H25I. The van der Waals surface area contributed by atoms with Gasteiger partial charge in [0.2, 0.25) is 0 Å². The number of benzene rings is 3. The van der Waals surface area contributed by atoms with Gasteiger partial charge in [-0.15, -0.1) is 0 Å². The molecule has 136 valence electrons. The van der Waals surface area contributed by atoms with Crippen molar-refractivity contribution < 1.29 is 0 Å². The molecule has 0 fully saturated rings. The van der Waals surface area contributed by atoms with Crippen LogP contribution in [0.25, 0.3) is 21.9 Å². The number of fused-ring (bicyclic) bond motifs is 2. The third-order valence-electron chi connectivity index (χ3n) is 6.05. The minimum atomic E-state index is 0.0504. The summed E-state index contributed by atoms with van der Waals surface area (Å²) in [5, 5.41) is 2.62. The molecule has 27 heavy (non-hydrogen) atoms. The van der Waals surface area contributed by atoms with E-state index in [4.69, 9.17) is 0 Å². The fourth-order valence-electron chi connectivity index (χ4n) is 4.52. The van der Waals surface area contributed by atoms with E-state index in [1.165, 1.54) is 42.2 Å². The smallest absolute Gasteiger partial charge is 0.0118 e. The van der Waals surface area contributed by atoms with Crippen LogP contribution in [-0.2, 0) is 5.41 Å². The van der Waals surface area contributed by atoms with E-state index >= 15 is 0 Å². The van der Waals surface area contributed by atoms with E-state index < -0.39 is 0 Å². The van der Waals surface area contributed by atoms with Crippen LogP contribution in [0.4, 0.5) is 0 Å². The van der Waals surface area contributed by atoms with Crippen LogP contribution in [0.15, 0.2) is 82.0 Å². The minimum absolute atomic E-state index is 0.0504. The Morgan fingerprint density at radius 1 is 1.00 bits per heavy atom. The van der Waals surface area contributed by atoms with E-state index in [-0.39, 0.29) is 5.41 Å². The molecule has 0 aromatic heterocycles. The van der Waals surface area contributed by atoms with Crippen molar-refractivity contribution in [3.8, 4) is 11.1 Å². The summed E-state index contributed by atoms with van der Waals surface area (Å²) in [5.74, 6) is 0.460. The fourth-order valence-corrected chi connectivity index (χ4v) is 4.86. The largest absolute Gasteiger partial charge is 0.0743 e. The third-order valence-corrected chi connectivity index (χ3v) is 6.99. The van der Waals surface area contributed by atoms with Crippen LogP contribution in [0.2, 0.25) is 0 Å². The predicted molar refractivity (Wildman–Crippen MR) is 127 cm³/mol. The Morgan fingerprint density at radius 3 is 2.52 bits per heavy atom. The molecule has 0 aliphatic heterocycles. The molecule has 0 spiro atoms. The van der Waals surface area contributed by atoms with Gasteiger partial charge in [-0.2, -0.15) is 0 Å². The highest BCUT2D eigenvalue weighted by atomic mass is 127. The van der Waals surface area contributed by atoms with E-state index in [9.17, 15) is 0 Å². The molecule has 0 saturated heterocycles. The second-order valence-corrected chi connectivity index (χ2v) is 9.19. The Hall–Kier alpha value is -1.87. The first-order chi connectivity index (χ1) is 12.9. The van der Waals surface area contributed by atoms with Crippen LogP contribution in [0, 0.1) is 0 Å². The van der Waals surface area contributed by atoms with Crippen molar-refractivity contribution in [1.82, 2.24) is 0 Å². The van der Waals surface area contributed by atoms with Crippen molar-refractivity contribution in [2.45, 2.75) is 39.0 Å². The molecule has 0 saturated carbocycles. The summed E-state index contributed by atoms with van der Waals surface area (Å²) in [6, 6.07) is 22.3. The fraction of sp³-hybridized carbons (Fsp3) is 0.231. The maximum absolute atomic E-state index is 2.43. The monoisotopic (exact) mass is 464 g/mol. The van der Waals surface area contributed by atoms with Gasteiger partial charge >= 0.3 is 0 Å². The third kappa shape index (κ3) is 3.06. The Morgan fingerprint density at radius 2 is 1.74 bits per heavy atom. The van der Waals surface area contributed by atoms with Gasteiger partial charge in [0.1, 0.15) is 0 Å². The summed E-state index contributed by atoms with van der Waals surface area (Å²) < 4.78 is 1.31. The van der Waals surface area contributed by atoms with Crippen LogP contribution >= 0.6 is 22.6 Å². The Labute approximate surface area is 176 Å². The molecule has 0 amide bonds. The second kappa shape index (κ2) is 6.94. The van der Waals surface area contributed by atoms with Crippen LogP contribution in [0.5, 0.6) is 0 Å². The van der Waals surface area contributed by atoms with E-state index in [0.29, 0.717) is 5.92 Å².